The Morgan fingerprint density at radius 3 is 2.80 bits per heavy atom. The number of hydrogen-bond acceptors (Lipinski definition) is 4. The fourth-order valence-electron chi connectivity index (χ4n) is 3.27. The van der Waals surface area contributed by atoms with Crippen LogP contribution >= 0.6 is 24.0 Å². The van der Waals surface area contributed by atoms with Crippen molar-refractivity contribution in [1.29, 1.82) is 0 Å². The molecule has 162 valence electrons. The molecule has 1 aromatic heterocycles. The Balaban J connectivity index is 0.00000320. The van der Waals surface area contributed by atoms with Gasteiger partial charge in [0.05, 0.1) is 0 Å². The van der Waals surface area contributed by atoms with Crippen LogP contribution in [-0.4, -0.2) is 47.9 Å². The van der Waals surface area contributed by atoms with Gasteiger partial charge in [-0.05, 0) is 23.6 Å². The van der Waals surface area contributed by atoms with Crippen LogP contribution in [0, 0.1) is 0 Å². The Kier molecular flexibility index (Phi) is 9.85. The molecule has 1 atom stereocenters. The first kappa shape index (κ1) is 23.9. The van der Waals surface area contributed by atoms with Crippen molar-refractivity contribution in [2.75, 3.05) is 20.1 Å². The van der Waals surface area contributed by atoms with Gasteiger partial charge in [0, 0.05) is 51.4 Å². The predicted molar refractivity (Wildman–Crippen MR) is 129 cm³/mol. The van der Waals surface area contributed by atoms with Crippen LogP contribution in [0.25, 0.3) is 0 Å². The van der Waals surface area contributed by atoms with Crippen molar-refractivity contribution in [3.8, 4) is 5.88 Å². The normalized spacial score (nSPS) is 16.0. The van der Waals surface area contributed by atoms with Gasteiger partial charge in [-0.2, -0.15) is 0 Å². The first-order valence-electron chi connectivity index (χ1n) is 10.0. The maximum atomic E-state index is 11.8. The molecule has 1 aromatic carbocycles. The summed E-state index contributed by atoms with van der Waals surface area (Å²) in [5, 5.41) is 6.73. The second kappa shape index (κ2) is 12.4. The molecule has 1 unspecified atom stereocenters. The molecule has 3 rings (SSSR count). The predicted octanol–water partition coefficient (Wildman–Crippen LogP) is 2.95. The quantitative estimate of drug-likeness (QED) is 0.332. The van der Waals surface area contributed by atoms with Gasteiger partial charge in [-0.1, -0.05) is 37.3 Å². The minimum atomic E-state index is 0. The zero-order valence-electron chi connectivity index (χ0n) is 17.5. The van der Waals surface area contributed by atoms with E-state index in [1.807, 2.05) is 54.3 Å². The molecule has 2 aromatic rings. The Bertz CT molecular complexity index is 831. The number of pyridine rings is 1. The third-order valence-electron chi connectivity index (χ3n) is 4.90. The second-order valence-corrected chi connectivity index (χ2v) is 7.03. The molecule has 1 saturated heterocycles. The van der Waals surface area contributed by atoms with E-state index in [9.17, 15) is 4.79 Å². The number of hydrogen-bond donors (Lipinski definition) is 2. The van der Waals surface area contributed by atoms with E-state index in [2.05, 4.69) is 20.6 Å². The molecule has 1 amide bonds. The summed E-state index contributed by atoms with van der Waals surface area (Å²) in [7, 11) is 1.75. The van der Waals surface area contributed by atoms with Crippen molar-refractivity contribution < 1.29 is 9.53 Å². The Morgan fingerprint density at radius 1 is 1.27 bits per heavy atom. The van der Waals surface area contributed by atoms with Crippen molar-refractivity contribution in [2.45, 2.75) is 39.0 Å². The number of amides is 1. The molecule has 1 fully saturated rings. The highest BCUT2D eigenvalue weighted by molar-refractivity contribution is 14.0. The third kappa shape index (κ3) is 7.16. The number of likely N-dealkylation sites (tertiary alicyclic amines) is 1. The van der Waals surface area contributed by atoms with Crippen molar-refractivity contribution >= 4 is 35.8 Å². The van der Waals surface area contributed by atoms with Crippen molar-refractivity contribution in [2.24, 2.45) is 4.99 Å². The molecule has 7 nitrogen and oxygen atoms in total. The van der Waals surface area contributed by atoms with E-state index >= 15 is 0 Å². The molecule has 8 heteroatoms. The Labute approximate surface area is 195 Å². The van der Waals surface area contributed by atoms with Gasteiger partial charge >= 0.3 is 0 Å². The molecule has 1 aliphatic heterocycles. The fraction of sp³-hybridized carbons (Fsp3) is 0.409. The number of aliphatic imine (C=N–C) groups is 1. The van der Waals surface area contributed by atoms with Gasteiger partial charge in [0.1, 0.15) is 6.61 Å². The zero-order chi connectivity index (χ0) is 20.5. The standard InChI is InChI=1S/C22H29N5O2.HI/c1-3-21(28)27-12-10-19(15-27)26-22(23-2)25-14-18-9-11-24-20(13-18)29-16-17-7-5-4-6-8-17;/h4-9,11,13,19H,3,10,12,14-16H2,1-2H3,(H2,23,25,26);1H. The summed E-state index contributed by atoms with van der Waals surface area (Å²) < 4.78 is 5.80. The summed E-state index contributed by atoms with van der Waals surface area (Å²) in [6, 6.07) is 14.1. The highest BCUT2D eigenvalue weighted by Gasteiger charge is 2.25. The topological polar surface area (TPSA) is 78.9 Å². The smallest absolute Gasteiger partial charge is 0.222 e. The van der Waals surface area contributed by atoms with E-state index < -0.39 is 0 Å². The lowest BCUT2D eigenvalue weighted by atomic mass is 10.2. The summed E-state index contributed by atoms with van der Waals surface area (Å²) in [4.78, 5) is 22.3. The average Bonchev–Trinajstić information content (AvgIpc) is 3.24. The van der Waals surface area contributed by atoms with Crippen LogP contribution in [0.15, 0.2) is 53.7 Å². The van der Waals surface area contributed by atoms with Gasteiger partial charge in [-0.3, -0.25) is 9.79 Å². The third-order valence-corrected chi connectivity index (χ3v) is 4.90. The lowest BCUT2D eigenvalue weighted by Crippen LogP contribution is -2.44. The van der Waals surface area contributed by atoms with Crippen molar-refractivity contribution in [1.82, 2.24) is 20.5 Å². The van der Waals surface area contributed by atoms with Crippen LogP contribution in [0.3, 0.4) is 0 Å². The van der Waals surface area contributed by atoms with Crippen molar-refractivity contribution in [3.05, 3.63) is 59.8 Å². The monoisotopic (exact) mass is 523 g/mol. The van der Waals surface area contributed by atoms with E-state index in [1.165, 1.54) is 0 Å². The molecule has 0 radical (unpaired) electrons. The summed E-state index contributed by atoms with van der Waals surface area (Å²) in [6.45, 7) is 4.51. The van der Waals surface area contributed by atoms with Crippen LogP contribution in [-0.2, 0) is 17.9 Å². The number of benzene rings is 1. The number of carbonyl (C=O) groups is 1. The second-order valence-electron chi connectivity index (χ2n) is 7.03. The van der Waals surface area contributed by atoms with Crippen LogP contribution in [0.2, 0.25) is 0 Å². The SMILES string of the molecule is CCC(=O)N1CCC(NC(=NC)NCc2ccnc(OCc3ccccc3)c2)C1.I. The van der Waals surface area contributed by atoms with Gasteiger partial charge in [0.25, 0.3) is 0 Å². The number of nitrogens with zero attached hydrogens (tertiary/aromatic N) is 3. The lowest BCUT2D eigenvalue weighted by Gasteiger charge is -2.19. The van der Waals surface area contributed by atoms with Gasteiger partial charge in [-0.25, -0.2) is 4.98 Å². The molecule has 0 aliphatic carbocycles. The molecule has 0 saturated carbocycles. The van der Waals surface area contributed by atoms with Crippen LogP contribution in [0.4, 0.5) is 0 Å². The number of carbonyl (C=O) groups excluding carboxylic acids is 1. The fourth-order valence-corrected chi connectivity index (χ4v) is 3.27. The number of guanidine groups is 1. The first-order valence-corrected chi connectivity index (χ1v) is 10.0. The largest absolute Gasteiger partial charge is 0.473 e. The molecule has 0 spiro atoms. The molecule has 0 bridgehead atoms. The number of rotatable bonds is 7. The molecule has 1 aliphatic rings. The Morgan fingerprint density at radius 2 is 2.07 bits per heavy atom. The molecule has 2 N–H and O–H groups in total. The van der Waals surface area contributed by atoms with E-state index in [0.29, 0.717) is 25.5 Å². The molecular formula is C22H30IN5O2. The van der Waals surface area contributed by atoms with Gasteiger partial charge < -0.3 is 20.3 Å². The number of halogens is 1. The number of nitrogens with one attached hydrogen (secondary N) is 2. The maximum absolute atomic E-state index is 11.8. The highest BCUT2D eigenvalue weighted by Crippen LogP contribution is 2.12. The van der Waals surface area contributed by atoms with E-state index in [4.69, 9.17) is 4.74 Å². The average molecular weight is 523 g/mol. The molecule has 30 heavy (non-hydrogen) atoms. The maximum Gasteiger partial charge on any atom is 0.222 e. The van der Waals surface area contributed by atoms with Crippen LogP contribution < -0.4 is 15.4 Å². The van der Waals surface area contributed by atoms with Gasteiger partial charge in [-0.15, -0.1) is 24.0 Å². The van der Waals surface area contributed by atoms with E-state index in [-0.39, 0.29) is 35.9 Å². The van der Waals surface area contributed by atoms with Gasteiger partial charge in [0.15, 0.2) is 5.96 Å². The van der Waals surface area contributed by atoms with Crippen LogP contribution in [0.1, 0.15) is 30.9 Å². The Hall–Kier alpha value is -2.36. The summed E-state index contributed by atoms with van der Waals surface area (Å²) >= 11 is 0. The number of ether oxygens (including phenoxy) is 1. The summed E-state index contributed by atoms with van der Waals surface area (Å²) in [5.74, 6) is 1.53. The number of aromatic nitrogens is 1. The minimum absolute atomic E-state index is 0. The molecule has 2 heterocycles. The van der Waals surface area contributed by atoms with Gasteiger partial charge in [0.2, 0.25) is 11.8 Å². The summed E-state index contributed by atoms with van der Waals surface area (Å²) in [5.41, 5.74) is 2.16. The van der Waals surface area contributed by atoms with E-state index in [1.54, 1.807) is 13.2 Å². The van der Waals surface area contributed by atoms with E-state index in [0.717, 1.165) is 36.6 Å². The van der Waals surface area contributed by atoms with Crippen LogP contribution in [0.5, 0.6) is 5.88 Å². The zero-order valence-corrected chi connectivity index (χ0v) is 19.8. The first-order chi connectivity index (χ1) is 14.2. The summed E-state index contributed by atoms with van der Waals surface area (Å²) in [6.07, 6.45) is 3.23. The molecular weight excluding hydrogens is 493 g/mol. The lowest BCUT2D eigenvalue weighted by molar-refractivity contribution is -0.129. The van der Waals surface area contributed by atoms with Crippen molar-refractivity contribution in [3.63, 3.8) is 0 Å². The highest BCUT2D eigenvalue weighted by atomic mass is 127. The minimum Gasteiger partial charge on any atom is -0.473 e.